The van der Waals surface area contributed by atoms with Gasteiger partial charge in [0.05, 0.1) is 6.61 Å². The van der Waals surface area contributed by atoms with Crippen LogP contribution in [-0.4, -0.2) is 11.9 Å². The van der Waals surface area contributed by atoms with Crippen LogP contribution in [-0.2, 0) is 11.3 Å². The molecule has 84 valence electrons. The Morgan fingerprint density at radius 2 is 2.07 bits per heavy atom. The molecule has 0 bridgehead atoms. The topological polar surface area (TPSA) is 9.23 Å². The number of benzene rings is 1. The fourth-order valence-electron chi connectivity index (χ4n) is 1.13. The minimum atomic E-state index is -0.210. The Balaban J connectivity index is 2.33. The van der Waals surface area contributed by atoms with Crippen LogP contribution in [0.4, 0.5) is 4.39 Å². The maximum Gasteiger partial charge on any atom is 0.128 e. The summed E-state index contributed by atoms with van der Waals surface area (Å²) in [6, 6.07) is 4.88. The highest BCUT2D eigenvalue weighted by atomic mass is 79.9. The van der Waals surface area contributed by atoms with E-state index in [2.05, 4.69) is 31.9 Å². The molecule has 0 aliphatic carbocycles. The van der Waals surface area contributed by atoms with E-state index in [0.717, 1.165) is 22.6 Å². The highest BCUT2D eigenvalue weighted by Crippen LogP contribution is 2.16. The third-order valence-electron chi connectivity index (χ3n) is 1.94. The summed E-state index contributed by atoms with van der Waals surface area (Å²) in [5, 5.41) is 0.988. The van der Waals surface area contributed by atoms with Gasteiger partial charge < -0.3 is 4.74 Å². The summed E-state index contributed by atoms with van der Waals surface area (Å²) < 4.78 is 19.5. The predicted molar refractivity (Wildman–Crippen MR) is 66.8 cm³/mol. The van der Waals surface area contributed by atoms with E-state index < -0.39 is 0 Å². The first-order chi connectivity index (χ1) is 7.24. The zero-order chi connectivity index (χ0) is 11.1. The van der Waals surface area contributed by atoms with Gasteiger partial charge in [-0.25, -0.2) is 4.39 Å². The minimum absolute atomic E-state index is 0.210. The average molecular weight is 340 g/mol. The van der Waals surface area contributed by atoms with Crippen molar-refractivity contribution in [3.8, 4) is 0 Å². The number of hydrogen-bond donors (Lipinski definition) is 0. The Morgan fingerprint density at radius 3 is 2.80 bits per heavy atom. The van der Waals surface area contributed by atoms with Crippen molar-refractivity contribution in [2.45, 2.75) is 19.4 Å². The van der Waals surface area contributed by atoms with Crippen molar-refractivity contribution in [3.05, 3.63) is 34.1 Å². The molecule has 4 heteroatoms. The Bertz CT molecular complexity index is 305. The second-order valence-corrected chi connectivity index (χ2v) is 4.89. The molecule has 1 aromatic rings. The lowest BCUT2D eigenvalue weighted by Gasteiger charge is -2.05. The van der Waals surface area contributed by atoms with Crippen LogP contribution >= 0.6 is 31.9 Å². The minimum Gasteiger partial charge on any atom is -0.377 e. The Morgan fingerprint density at radius 1 is 1.27 bits per heavy atom. The third kappa shape index (κ3) is 5.09. The van der Waals surface area contributed by atoms with Crippen LogP contribution in [0, 0.1) is 5.82 Å². The molecule has 1 rings (SSSR count). The first-order valence-corrected chi connectivity index (χ1v) is 6.73. The first kappa shape index (κ1) is 13.1. The van der Waals surface area contributed by atoms with Crippen molar-refractivity contribution in [2.75, 3.05) is 11.9 Å². The summed E-state index contributed by atoms with van der Waals surface area (Å²) >= 11 is 6.65. The number of hydrogen-bond acceptors (Lipinski definition) is 1. The van der Waals surface area contributed by atoms with Crippen LogP contribution in [0.3, 0.4) is 0 Å². The monoisotopic (exact) mass is 338 g/mol. The third-order valence-corrected chi connectivity index (χ3v) is 2.99. The normalized spacial score (nSPS) is 10.6. The van der Waals surface area contributed by atoms with Gasteiger partial charge in [0.1, 0.15) is 5.82 Å². The Labute approximate surface area is 106 Å². The number of rotatable bonds is 6. The van der Waals surface area contributed by atoms with Gasteiger partial charge in [-0.1, -0.05) is 31.9 Å². The highest BCUT2D eigenvalue weighted by Gasteiger charge is 2.02. The molecule has 0 heterocycles. The van der Waals surface area contributed by atoms with E-state index in [9.17, 15) is 4.39 Å². The lowest BCUT2D eigenvalue weighted by molar-refractivity contribution is 0.116. The molecular weight excluding hydrogens is 327 g/mol. The number of alkyl halides is 1. The van der Waals surface area contributed by atoms with Gasteiger partial charge in [-0.05, 0) is 31.0 Å². The van der Waals surface area contributed by atoms with Crippen molar-refractivity contribution in [3.63, 3.8) is 0 Å². The van der Waals surface area contributed by atoms with Crippen LogP contribution in [0.25, 0.3) is 0 Å². The summed E-state index contributed by atoms with van der Waals surface area (Å²) in [5.41, 5.74) is 0.600. The predicted octanol–water partition coefficient (Wildman–Crippen LogP) is 4.28. The zero-order valence-corrected chi connectivity index (χ0v) is 11.5. The largest absolute Gasteiger partial charge is 0.377 e. The van der Waals surface area contributed by atoms with Crippen molar-refractivity contribution in [1.82, 2.24) is 0 Å². The molecular formula is C11H13Br2FO. The summed E-state index contributed by atoms with van der Waals surface area (Å²) in [6.07, 6.45) is 2.09. The molecule has 0 aliphatic heterocycles. The molecule has 0 aliphatic rings. The van der Waals surface area contributed by atoms with Crippen LogP contribution in [0.5, 0.6) is 0 Å². The van der Waals surface area contributed by atoms with Crippen LogP contribution < -0.4 is 0 Å². The number of unbranched alkanes of at least 4 members (excludes halogenated alkanes) is 1. The van der Waals surface area contributed by atoms with Crippen molar-refractivity contribution in [1.29, 1.82) is 0 Å². The molecule has 0 amide bonds. The summed E-state index contributed by atoms with van der Waals surface area (Å²) in [4.78, 5) is 0. The van der Waals surface area contributed by atoms with Gasteiger partial charge >= 0.3 is 0 Å². The SMILES string of the molecule is Fc1ccc(Br)cc1COCCCCBr. The molecule has 1 nitrogen and oxygen atoms in total. The molecule has 0 unspecified atom stereocenters. The average Bonchev–Trinajstić information content (AvgIpc) is 2.23. The highest BCUT2D eigenvalue weighted by molar-refractivity contribution is 9.10. The Kier molecular flexibility index (Phi) is 6.45. The van der Waals surface area contributed by atoms with Gasteiger partial charge in [0.15, 0.2) is 0 Å². The molecule has 15 heavy (non-hydrogen) atoms. The van der Waals surface area contributed by atoms with Crippen molar-refractivity contribution < 1.29 is 9.13 Å². The van der Waals surface area contributed by atoms with Gasteiger partial charge in [-0.2, -0.15) is 0 Å². The van der Waals surface area contributed by atoms with E-state index >= 15 is 0 Å². The quantitative estimate of drug-likeness (QED) is 0.555. The number of halogens is 3. The van der Waals surface area contributed by atoms with Crippen molar-refractivity contribution >= 4 is 31.9 Å². The van der Waals surface area contributed by atoms with E-state index in [1.807, 2.05) is 0 Å². The van der Waals surface area contributed by atoms with E-state index in [1.54, 1.807) is 12.1 Å². The van der Waals surface area contributed by atoms with Gasteiger partial charge in [0, 0.05) is 22.0 Å². The zero-order valence-electron chi connectivity index (χ0n) is 8.31. The molecule has 0 spiro atoms. The van der Waals surface area contributed by atoms with Crippen LogP contribution in [0.15, 0.2) is 22.7 Å². The standard InChI is InChI=1S/C11H13Br2FO/c12-5-1-2-6-15-8-9-7-10(13)3-4-11(9)14/h3-4,7H,1-2,5-6,8H2. The van der Waals surface area contributed by atoms with E-state index in [1.165, 1.54) is 6.07 Å². The summed E-state index contributed by atoms with van der Waals surface area (Å²) in [7, 11) is 0. The number of ether oxygens (including phenoxy) is 1. The Hall–Kier alpha value is 0.0700. The van der Waals surface area contributed by atoms with Crippen LogP contribution in [0.1, 0.15) is 18.4 Å². The second-order valence-electron chi connectivity index (χ2n) is 3.18. The van der Waals surface area contributed by atoms with Gasteiger partial charge in [0.25, 0.3) is 0 Å². The summed E-state index contributed by atoms with van der Waals surface area (Å²) in [5.74, 6) is -0.210. The molecule has 0 N–H and O–H groups in total. The fourth-order valence-corrected chi connectivity index (χ4v) is 1.94. The van der Waals surface area contributed by atoms with E-state index in [4.69, 9.17) is 4.74 Å². The van der Waals surface area contributed by atoms with Gasteiger partial charge in [0.2, 0.25) is 0 Å². The molecule has 0 atom stereocenters. The van der Waals surface area contributed by atoms with Gasteiger partial charge in [-0.3, -0.25) is 0 Å². The fraction of sp³-hybridized carbons (Fsp3) is 0.455. The molecule has 0 saturated carbocycles. The van der Waals surface area contributed by atoms with Crippen LogP contribution in [0.2, 0.25) is 0 Å². The molecule has 0 saturated heterocycles. The second kappa shape index (κ2) is 7.36. The maximum atomic E-state index is 13.2. The lowest BCUT2D eigenvalue weighted by atomic mass is 10.2. The van der Waals surface area contributed by atoms with Crippen molar-refractivity contribution in [2.24, 2.45) is 0 Å². The molecule has 1 aromatic carbocycles. The summed E-state index contributed by atoms with van der Waals surface area (Å²) in [6.45, 7) is 1.02. The van der Waals surface area contributed by atoms with E-state index in [-0.39, 0.29) is 5.82 Å². The molecule has 0 aromatic heterocycles. The van der Waals surface area contributed by atoms with E-state index in [0.29, 0.717) is 18.8 Å². The first-order valence-electron chi connectivity index (χ1n) is 4.81. The lowest BCUT2D eigenvalue weighted by Crippen LogP contribution is -1.98. The molecule has 0 radical (unpaired) electrons. The van der Waals surface area contributed by atoms with Gasteiger partial charge in [-0.15, -0.1) is 0 Å². The smallest absolute Gasteiger partial charge is 0.128 e. The molecule has 0 fully saturated rings. The maximum absolute atomic E-state index is 13.2.